The van der Waals surface area contributed by atoms with Crippen LogP contribution < -0.4 is 11.6 Å². The molecule has 0 fully saturated rings. The average molecular weight is 575 g/mol. The van der Waals surface area contributed by atoms with Gasteiger partial charge in [0, 0.05) is 19.6 Å². The second-order valence-corrected chi connectivity index (χ2v) is 11.1. The van der Waals surface area contributed by atoms with Crippen LogP contribution in [0.4, 0.5) is 4.79 Å². The molecule has 1 heterocycles. The monoisotopic (exact) mass is 574 g/mol. The number of carbonyl (C=O) groups excluding carboxylic acids is 1. The van der Waals surface area contributed by atoms with Gasteiger partial charge in [0.25, 0.3) is 0 Å². The molecule has 4 rings (SSSR count). The van der Waals surface area contributed by atoms with Gasteiger partial charge in [0.2, 0.25) is 0 Å². The van der Waals surface area contributed by atoms with Gasteiger partial charge in [-0.15, -0.1) is 11.8 Å². The van der Waals surface area contributed by atoms with Crippen LogP contribution in [0.5, 0.6) is 0 Å². The molecule has 0 aliphatic rings. The molecule has 0 aliphatic heterocycles. The van der Waals surface area contributed by atoms with Gasteiger partial charge in [-0.2, -0.15) is 0 Å². The molecule has 3 aromatic carbocycles. The lowest BCUT2D eigenvalue weighted by Gasteiger charge is -2.35. The summed E-state index contributed by atoms with van der Waals surface area (Å²) in [5, 5.41) is 0. The van der Waals surface area contributed by atoms with Crippen LogP contribution in [-0.4, -0.2) is 36.4 Å². The van der Waals surface area contributed by atoms with E-state index in [1.807, 2.05) is 11.8 Å². The minimum absolute atomic E-state index is 0.152. The fourth-order valence-electron chi connectivity index (χ4n) is 4.93. The van der Waals surface area contributed by atoms with Crippen LogP contribution in [-0.2, 0) is 16.1 Å². The number of nitrogens with zero attached hydrogens (tertiary/aromatic N) is 1. The van der Waals surface area contributed by atoms with E-state index in [0.717, 1.165) is 31.4 Å². The molecule has 216 valence electrons. The third-order valence-electron chi connectivity index (χ3n) is 7.00. The maximum atomic E-state index is 12.6. The molecular weight excluding hydrogens is 536 g/mol. The molecule has 0 saturated carbocycles. The van der Waals surface area contributed by atoms with Gasteiger partial charge >= 0.3 is 11.9 Å². The first-order valence-corrected chi connectivity index (χ1v) is 15.0. The van der Waals surface area contributed by atoms with Gasteiger partial charge < -0.3 is 24.2 Å². The molecule has 0 radical (unpaired) electrons. The molecule has 41 heavy (non-hydrogen) atoms. The molecular formula is C33H38N2O5S. The molecule has 0 atom stereocenters. The zero-order chi connectivity index (χ0) is 28.9. The van der Waals surface area contributed by atoms with Gasteiger partial charge in [-0.1, -0.05) is 104 Å². The molecule has 2 N–H and O–H groups in total. The molecule has 1 amide bonds. The normalized spacial score (nSPS) is 11.4. The fourth-order valence-corrected chi connectivity index (χ4v) is 6.49. The Bertz CT molecular complexity index is 1290. The predicted molar refractivity (Wildman–Crippen MR) is 163 cm³/mol. The molecule has 7 nitrogen and oxygen atoms in total. The van der Waals surface area contributed by atoms with Crippen LogP contribution in [0.15, 0.2) is 105 Å². The van der Waals surface area contributed by atoms with E-state index in [0.29, 0.717) is 25.4 Å². The van der Waals surface area contributed by atoms with Crippen molar-refractivity contribution in [1.29, 1.82) is 0 Å². The molecule has 1 aromatic heterocycles. The van der Waals surface area contributed by atoms with Crippen LogP contribution in [0.1, 0.15) is 53.9 Å². The Hall–Kier alpha value is -3.75. The van der Waals surface area contributed by atoms with Crippen molar-refractivity contribution in [1.82, 2.24) is 4.90 Å². The highest BCUT2D eigenvalue weighted by molar-refractivity contribution is 8.00. The Morgan fingerprint density at radius 2 is 1.34 bits per heavy atom. The number of amides is 1. The number of hydrogen-bond acceptors (Lipinski definition) is 7. The van der Waals surface area contributed by atoms with E-state index in [2.05, 4.69) is 91.0 Å². The summed E-state index contributed by atoms with van der Waals surface area (Å²) >= 11 is 1.97. The standard InChI is InChI=1S/C33H38N2O5S/c1-26-30(40-32(37)39-26)25-38-31(36)35(23-21-34)22-13-2-3-14-24-41-33(27-15-7-4-8-16-27,28-17-9-5-10-18-28)29-19-11-6-12-20-29/h4-12,15-20H,2-3,13-14,21-25,34H2,1H3. The summed E-state index contributed by atoms with van der Waals surface area (Å²) in [4.78, 5) is 25.4. The van der Waals surface area contributed by atoms with Gasteiger partial charge in [-0.05, 0) is 42.2 Å². The Morgan fingerprint density at radius 3 is 1.83 bits per heavy atom. The zero-order valence-corrected chi connectivity index (χ0v) is 24.3. The number of rotatable bonds is 15. The minimum atomic E-state index is -0.806. The van der Waals surface area contributed by atoms with Crippen molar-refractivity contribution in [2.75, 3.05) is 25.4 Å². The third-order valence-corrected chi connectivity index (χ3v) is 8.63. The van der Waals surface area contributed by atoms with Crippen LogP contribution in [0, 0.1) is 6.92 Å². The molecule has 8 heteroatoms. The number of nitrogens with two attached hydrogens (primary N) is 1. The number of benzene rings is 3. The number of carbonyl (C=O) groups is 1. The fraction of sp³-hybridized carbons (Fsp3) is 0.333. The molecule has 0 bridgehead atoms. The van der Waals surface area contributed by atoms with Crippen molar-refractivity contribution in [3.05, 3.63) is 130 Å². The van der Waals surface area contributed by atoms with Crippen molar-refractivity contribution < 1.29 is 18.4 Å². The Labute approximate surface area is 245 Å². The van der Waals surface area contributed by atoms with E-state index in [1.165, 1.54) is 16.7 Å². The molecule has 0 unspecified atom stereocenters. The first kappa shape index (κ1) is 30.2. The van der Waals surface area contributed by atoms with E-state index in [1.54, 1.807) is 11.8 Å². The number of hydrogen-bond donors (Lipinski definition) is 1. The number of aryl methyl sites for hydroxylation is 1. The highest BCUT2D eigenvalue weighted by atomic mass is 32.2. The lowest BCUT2D eigenvalue weighted by atomic mass is 9.84. The molecule has 0 spiro atoms. The third kappa shape index (κ3) is 7.93. The van der Waals surface area contributed by atoms with Crippen molar-refractivity contribution >= 4 is 17.9 Å². The summed E-state index contributed by atoms with van der Waals surface area (Å²) in [5.41, 5.74) is 9.53. The predicted octanol–water partition coefficient (Wildman–Crippen LogP) is 6.72. The van der Waals surface area contributed by atoms with Crippen molar-refractivity contribution in [2.24, 2.45) is 5.73 Å². The summed E-state index contributed by atoms with van der Waals surface area (Å²) in [5.74, 6) is 0.703. The van der Waals surface area contributed by atoms with E-state index in [4.69, 9.17) is 19.3 Å². The lowest BCUT2D eigenvalue weighted by Crippen LogP contribution is -2.36. The SMILES string of the molecule is Cc1oc(=O)oc1COC(=O)N(CCN)CCCCCCSC(c1ccccc1)(c1ccccc1)c1ccccc1. The average Bonchev–Trinajstić information content (AvgIpc) is 3.34. The van der Waals surface area contributed by atoms with Crippen LogP contribution in [0.25, 0.3) is 0 Å². The maximum Gasteiger partial charge on any atom is 0.519 e. The number of thioether (sulfide) groups is 1. The summed E-state index contributed by atoms with van der Waals surface area (Å²) in [6, 6.07) is 32.2. The van der Waals surface area contributed by atoms with E-state index >= 15 is 0 Å². The number of ether oxygens (including phenoxy) is 1. The summed E-state index contributed by atoms with van der Waals surface area (Å²) in [7, 11) is 0. The van der Waals surface area contributed by atoms with Gasteiger partial charge in [0.15, 0.2) is 18.1 Å². The van der Waals surface area contributed by atoms with Crippen molar-refractivity contribution in [2.45, 2.75) is 44.0 Å². The van der Waals surface area contributed by atoms with Crippen LogP contribution >= 0.6 is 11.8 Å². The van der Waals surface area contributed by atoms with Crippen LogP contribution in [0.2, 0.25) is 0 Å². The van der Waals surface area contributed by atoms with Gasteiger partial charge in [0.05, 0.1) is 4.75 Å². The van der Waals surface area contributed by atoms with E-state index in [-0.39, 0.29) is 17.1 Å². The molecule has 4 aromatic rings. The molecule has 0 saturated heterocycles. The topological polar surface area (TPSA) is 98.9 Å². The molecule has 0 aliphatic carbocycles. The van der Waals surface area contributed by atoms with Crippen molar-refractivity contribution in [3.63, 3.8) is 0 Å². The quantitative estimate of drug-likeness (QED) is 0.124. The summed E-state index contributed by atoms with van der Waals surface area (Å²) < 4.78 is 14.7. The smallest absolute Gasteiger partial charge is 0.441 e. The van der Waals surface area contributed by atoms with Gasteiger partial charge in [-0.3, -0.25) is 0 Å². The summed E-state index contributed by atoms with van der Waals surface area (Å²) in [6.07, 6.45) is 3.46. The first-order valence-electron chi connectivity index (χ1n) is 14.1. The van der Waals surface area contributed by atoms with Gasteiger partial charge in [-0.25, -0.2) is 9.59 Å². The van der Waals surface area contributed by atoms with E-state index < -0.39 is 11.9 Å². The van der Waals surface area contributed by atoms with Crippen LogP contribution in [0.3, 0.4) is 0 Å². The maximum absolute atomic E-state index is 12.6. The van der Waals surface area contributed by atoms with E-state index in [9.17, 15) is 9.59 Å². The number of unbranched alkanes of at least 4 members (excludes halogenated alkanes) is 3. The Kier molecular flexibility index (Phi) is 11.3. The lowest BCUT2D eigenvalue weighted by molar-refractivity contribution is 0.0896. The second-order valence-electron chi connectivity index (χ2n) is 9.81. The van der Waals surface area contributed by atoms with Crippen molar-refractivity contribution in [3.8, 4) is 0 Å². The zero-order valence-electron chi connectivity index (χ0n) is 23.5. The second kappa shape index (κ2) is 15.3. The highest BCUT2D eigenvalue weighted by Gasteiger charge is 2.36. The first-order chi connectivity index (χ1) is 20.0. The largest absolute Gasteiger partial charge is 0.519 e. The van der Waals surface area contributed by atoms with Gasteiger partial charge in [0.1, 0.15) is 0 Å². The highest BCUT2D eigenvalue weighted by Crippen LogP contribution is 2.48. The Morgan fingerprint density at radius 1 is 0.805 bits per heavy atom. The summed E-state index contributed by atoms with van der Waals surface area (Å²) in [6.45, 7) is 2.73. The Balaban J connectivity index is 1.32. The minimum Gasteiger partial charge on any atom is -0.441 e.